The first-order chi connectivity index (χ1) is 9.17. The summed E-state index contributed by atoms with van der Waals surface area (Å²) in [5.74, 6) is -0.926. The Morgan fingerprint density at radius 2 is 1.84 bits per heavy atom. The summed E-state index contributed by atoms with van der Waals surface area (Å²) < 4.78 is 27.9. The molecule has 0 unspecified atom stereocenters. The molecule has 1 aliphatic carbocycles. The lowest BCUT2D eigenvalue weighted by atomic mass is 9.78. The van der Waals surface area contributed by atoms with E-state index in [0.717, 1.165) is 25.7 Å². The quantitative estimate of drug-likeness (QED) is 0.528. The fraction of sp³-hybridized carbons (Fsp3) is 0.438. The van der Waals surface area contributed by atoms with E-state index >= 15 is 0 Å². The topological polar surface area (TPSA) is 12.4 Å². The van der Waals surface area contributed by atoms with Crippen molar-refractivity contribution in [1.29, 1.82) is 0 Å². The first kappa shape index (κ1) is 13.9. The molecule has 0 heterocycles. The van der Waals surface area contributed by atoms with Crippen LogP contribution in [0, 0.1) is 17.6 Å². The number of hydrogen-bond acceptors (Lipinski definition) is 1. The van der Waals surface area contributed by atoms with Gasteiger partial charge in [0.2, 0.25) is 0 Å². The zero-order valence-electron chi connectivity index (χ0n) is 11.2. The Balaban J connectivity index is 2.22. The molecule has 1 aromatic carbocycles. The molecule has 1 fully saturated rings. The first-order valence-corrected chi connectivity index (χ1v) is 6.76. The van der Waals surface area contributed by atoms with Gasteiger partial charge in [0.1, 0.15) is 5.69 Å². The zero-order valence-corrected chi connectivity index (χ0v) is 11.2. The van der Waals surface area contributed by atoms with Gasteiger partial charge in [-0.2, -0.15) is 0 Å². The summed E-state index contributed by atoms with van der Waals surface area (Å²) in [5.41, 5.74) is 0.568. The molecule has 102 valence electrons. The predicted molar refractivity (Wildman–Crippen MR) is 75.1 cm³/mol. The van der Waals surface area contributed by atoms with Gasteiger partial charge < -0.3 is 0 Å². The molecule has 3 heteroatoms. The summed E-state index contributed by atoms with van der Waals surface area (Å²) in [4.78, 5) is 3.83. The highest BCUT2D eigenvalue weighted by molar-refractivity contribution is 5.61. The van der Waals surface area contributed by atoms with E-state index in [-0.39, 0.29) is 11.6 Å². The molecule has 1 nitrogen and oxygen atoms in total. The lowest BCUT2D eigenvalue weighted by Crippen LogP contribution is -2.13. The van der Waals surface area contributed by atoms with Crippen LogP contribution in [-0.2, 0) is 0 Å². The fourth-order valence-electron chi connectivity index (χ4n) is 2.77. The van der Waals surface area contributed by atoms with Gasteiger partial charge in [0.25, 0.3) is 0 Å². The number of hydrogen-bond donors (Lipinski definition) is 0. The normalized spacial score (nSPS) is 23.7. The van der Waals surface area contributed by atoms with Crippen LogP contribution in [0.1, 0.15) is 44.1 Å². The number of aliphatic imine (C=N–C) groups is 1. The maximum atomic E-state index is 14.1. The Hall–Kier alpha value is -1.51. The van der Waals surface area contributed by atoms with Crippen LogP contribution in [0.15, 0.2) is 29.8 Å². The van der Waals surface area contributed by atoms with Crippen molar-refractivity contribution < 1.29 is 8.78 Å². The van der Waals surface area contributed by atoms with E-state index in [9.17, 15) is 8.78 Å². The number of benzene rings is 1. The minimum absolute atomic E-state index is 0.0727. The third-order valence-electron chi connectivity index (χ3n) is 3.90. The minimum Gasteiger partial charge on any atom is -0.258 e. The van der Waals surface area contributed by atoms with Crippen LogP contribution in [0.4, 0.5) is 14.5 Å². The molecule has 0 radical (unpaired) electrons. The summed E-state index contributed by atoms with van der Waals surface area (Å²) >= 11 is 0. The van der Waals surface area contributed by atoms with Gasteiger partial charge in [0.15, 0.2) is 11.6 Å². The summed E-state index contributed by atoms with van der Waals surface area (Å²) in [5, 5.41) is 0. The predicted octanol–water partition coefficient (Wildman–Crippen LogP) is 5.15. The van der Waals surface area contributed by atoms with E-state index in [0.29, 0.717) is 11.5 Å². The lowest BCUT2D eigenvalue weighted by Gasteiger charge is -2.27. The fourth-order valence-corrected chi connectivity index (χ4v) is 2.77. The van der Waals surface area contributed by atoms with Crippen molar-refractivity contribution in [2.75, 3.05) is 0 Å². The van der Waals surface area contributed by atoms with Gasteiger partial charge in [-0.05, 0) is 56.1 Å². The molecular weight excluding hydrogens is 244 g/mol. The van der Waals surface area contributed by atoms with Crippen molar-refractivity contribution in [3.63, 3.8) is 0 Å². The number of nitrogens with zero attached hydrogens (tertiary/aromatic N) is 1. The van der Waals surface area contributed by atoms with E-state index in [1.54, 1.807) is 19.1 Å². The monoisotopic (exact) mass is 263 g/mol. The molecule has 0 aromatic heterocycles. The highest BCUT2D eigenvalue weighted by atomic mass is 19.2. The minimum atomic E-state index is -0.832. The van der Waals surface area contributed by atoms with Crippen molar-refractivity contribution in [3.05, 3.63) is 42.0 Å². The molecule has 0 bridgehead atoms. The second kappa shape index (κ2) is 6.09. The smallest absolute Gasteiger partial charge is 0.184 e. The third-order valence-corrected chi connectivity index (χ3v) is 3.90. The third kappa shape index (κ3) is 2.91. The van der Waals surface area contributed by atoms with Crippen molar-refractivity contribution >= 4 is 11.9 Å². The Morgan fingerprint density at radius 3 is 2.42 bits per heavy atom. The Morgan fingerprint density at radius 1 is 1.16 bits per heavy atom. The molecule has 1 aromatic rings. The van der Waals surface area contributed by atoms with Gasteiger partial charge in [0.05, 0.1) is 0 Å². The average molecular weight is 263 g/mol. The summed E-state index contributed by atoms with van der Waals surface area (Å²) in [6, 6.07) is 3.24. The summed E-state index contributed by atoms with van der Waals surface area (Å²) in [7, 11) is 0. The Bertz CT molecular complexity index is 486. The van der Waals surface area contributed by atoms with Crippen LogP contribution in [0.5, 0.6) is 0 Å². The molecule has 1 aliphatic rings. The van der Waals surface area contributed by atoms with E-state index in [1.165, 1.54) is 6.21 Å². The molecular formula is C16H19F2N. The number of allylic oxidation sites excluding steroid dienone is 1. The summed E-state index contributed by atoms with van der Waals surface area (Å²) in [6.45, 7) is 5.48. The maximum absolute atomic E-state index is 14.1. The van der Waals surface area contributed by atoms with Crippen LogP contribution >= 0.6 is 0 Å². The zero-order chi connectivity index (χ0) is 13.8. The maximum Gasteiger partial charge on any atom is 0.184 e. The van der Waals surface area contributed by atoms with Gasteiger partial charge in [-0.25, -0.2) is 8.78 Å². The molecule has 2 rings (SSSR count). The van der Waals surface area contributed by atoms with Crippen molar-refractivity contribution in [3.8, 4) is 0 Å². The highest BCUT2D eigenvalue weighted by Gasteiger charge is 2.25. The van der Waals surface area contributed by atoms with Crippen molar-refractivity contribution in [2.45, 2.75) is 38.5 Å². The molecule has 0 atom stereocenters. The molecule has 19 heavy (non-hydrogen) atoms. The molecule has 0 amide bonds. The van der Waals surface area contributed by atoms with Gasteiger partial charge in [-0.15, -0.1) is 6.58 Å². The van der Waals surface area contributed by atoms with Gasteiger partial charge in [-0.1, -0.05) is 12.1 Å². The van der Waals surface area contributed by atoms with Crippen molar-refractivity contribution in [2.24, 2.45) is 10.9 Å². The highest BCUT2D eigenvalue weighted by Crippen LogP contribution is 2.38. The SMILES string of the molecule is C=CC1CCC(c2ccc(N=CC)c(F)c2F)CC1. The Labute approximate surface area is 113 Å². The van der Waals surface area contributed by atoms with E-state index in [1.807, 2.05) is 6.08 Å². The van der Waals surface area contributed by atoms with Crippen LogP contribution in [0.25, 0.3) is 0 Å². The summed E-state index contributed by atoms with van der Waals surface area (Å²) in [6.07, 6.45) is 7.22. The molecule has 1 saturated carbocycles. The van der Waals surface area contributed by atoms with Crippen LogP contribution < -0.4 is 0 Å². The number of halogens is 2. The molecule has 0 aliphatic heterocycles. The second-order valence-electron chi connectivity index (χ2n) is 5.04. The van der Waals surface area contributed by atoms with Gasteiger partial charge >= 0.3 is 0 Å². The largest absolute Gasteiger partial charge is 0.258 e. The number of rotatable bonds is 3. The van der Waals surface area contributed by atoms with Crippen molar-refractivity contribution in [1.82, 2.24) is 0 Å². The Kier molecular flexibility index (Phi) is 4.46. The lowest BCUT2D eigenvalue weighted by molar-refractivity contribution is 0.364. The van der Waals surface area contributed by atoms with E-state index < -0.39 is 11.6 Å². The van der Waals surface area contributed by atoms with Crippen LogP contribution in [0.3, 0.4) is 0 Å². The molecule has 0 saturated heterocycles. The van der Waals surface area contributed by atoms with Gasteiger partial charge in [0, 0.05) is 6.21 Å². The average Bonchev–Trinajstić information content (AvgIpc) is 2.45. The van der Waals surface area contributed by atoms with Gasteiger partial charge in [-0.3, -0.25) is 4.99 Å². The first-order valence-electron chi connectivity index (χ1n) is 6.76. The molecule has 0 spiro atoms. The van der Waals surface area contributed by atoms with E-state index in [2.05, 4.69) is 11.6 Å². The van der Waals surface area contributed by atoms with Crippen LogP contribution in [-0.4, -0.2) is 6.21 Å². The second-order valence-corrected chi connectivity index (χ2v) is 5.04. The van der Waals surface area contributed by atoms with E-state index in [4.69, 9.17) is 0 Å². The van der Waals surface area contributed by atoms with Crippen LogP contribution in [0.2, 0.25) is 0 Å². The standard InChI is InChI=1S/C16H19F2N/c1-3-11-5-7-12(8-6-11)13-9-10-14(19-4-2)16(18)15(13)17/h3-4,9-12H,1,5-8H2,2H3. The molecule has 0 N–H and O–H groups in total.